The van der Waals surface area contributed by atoms with Gasteiger partial charge < -0.3 is 14.2 Å². The summed E-state index contributed by atoms with van der Waals surface area (Å²) in [5.41, 5.74) is 0. The molecule has 0 amide bonds. The highest BCUT2D eigenvalue weighted by Crippen LogP contribution is 2.16. The number of hydrogen-bond acceptors (Lipinski definition) is 6. The number of carbonyl (C=O) groups excluding carboxylic acids is 3. The van der Waals surface area contributed by atoms with Crippen LogP contribution in [0.5, 0.6) is 0 Å². The fraction of sp³-hybridized carbons (Fsp3) is 0.721. The van der Waals surface area contributed by atoms with Gasteiger partial charge in [-0.25, -0.2) is 0 Å². The molecule has 6 nitrogen and oxygen atoms in total. The monoisotopic (exact) mass is 1030 g/mol. The molecule has 0 aromatic rings. The van der Waals surface area contributed by atoms with Crippen LogP contribution in [-0.4, -0.2) is 37.2 Å². The van der Waals surface area contributed by atoms with E-state index in [2.05, 4.69) is 118 Å². The van der Waals surface area contributed by atoms with E-state index in [1.165, 1.54) is 141 Å². The van der Waals surface area contributed by atoms with E-state index in [4.69, 9.17) is 14.2 Å². The fourth-order valence-electron chi connectivity index (χ4n) is 8.68. The predicted molar refractivity (Wildman–Crippen MR) is 320 cm³/mol. The zero-order valence-electron chi connectivity index (χ0n) is 48.6. The summed E-state index contributed by atoms with van der Waals surface area (Å²) in [6, 6.07) is 0. The summed E-state index contributed by atoms with van der Waals surface area (Å²) >= 11 is 0. The first-order valence-corrected chi connectivity index (χ1v) is 31.2. The van der Waals surface area contributed by atoms with Crippen LogP contribution in [0.2, 0.25) is 0 Å². The standard InChI is InChI=1S/C68H116O6/c1-4-7-10-13-16-19-22-25-27-29-30-31-32-33-34-35-36-37-38-40-41-43-46-49-52-55-58-61-67(70)73-64-65(63-72-66(69)60-57-54-51-48-45-24-21-18-15-12-9-6-3)74-68(71)62-59-56-53-50-47-44-42-39-28-26-23-20-17-14-11-8-5-2/h7-8,10-11,16-21,25-28,30-31,65H,4-6,9,12-15,22-24,29,32-64H2,1-3H3/b10-7-,11-8-,19-16-,20-17-,21-18-,27-25-,28-26-,31-30-. The number of rotatable bonds is 56. The average Bonchev–Trinajstić information content (AvgIpc) is 3.40. The van der Waals surface area contributed by atoms with Crippen molar-refractivity contribution in [2.45, 2.75) is 303 Å². The molecular formula is C68H116O6. The zero-order chi connectivity index (χ0) is 53.6. The molecule has 0 saturated heterocycles. The molecule has 0 rings (SSSR count). The maximum atomic E-state index is 12.9. The zero-order valence-corrected chi connectivity index (χ0v) is 48.6. The molecule has 0 aliphatic rings. The highest BCUT2D eigenvalue weighted by molar-refractivity contribution is 5.71. The maximum absolute atomic E-state index is 12.9. The highest BCUT2D eigenvalue weighted by atomic mass is 16.6. The van der Waals surface area contributed by atoms with E-state index in [0.717, 1.165) is 116 Å². The van der Waals surface area contributed by atoms with Crippen LogP contribution < -0.4 is 0 Å². The minimum Gasteiger partial charge on any atom is -0.462 e. The molecule has 0 aromatic heterocycles. The highest BCUT2D eigenvalue weighted by Gasteiger charge is 2.19. The van der Waals surface area contributed by atoms with Gasteiger partial charge in [-0.2, -0.15) is 0 Å². The van der Waals surface area contributed by atoms with Crippen molar-refractivity contribution in [2.75, 3.05) is 13.2 Å². The molecule has 1 atom stereocenters. The minimum absolute atomic E-state index is 0.0832. The minimum atomic E-state index is -0.787. The first kappa shape index (κ1) is 70.3. The molecule has 0 aliphatic heterocycles. The van der Waals surface area contributed by atoms with Crippen molar-refractivity contribution in [1.82, 2.24) is 0 Å². The Hall–Kier alpha value is -3.67. The lowest BCUT2D eigenvalue weighted by atomic mass is 10.0. The van der Waals surface area contributed by atoms with Crippen molar-refractivity contribution in [3.8, 4) is 0 Å². The lowest BCUT2D eigenvalue weighted by molar-refractivity contribution is -0.167. The van der Waals surface area contributed by atoms with Crippen LogP contribution >= 0.6 is 0 Å². The normalized spacial score (nSPS) is 12.7. The van der Waals surface area contributed by atoms with Crippen molar-refractivity contribution in [2.24, 2.45) is 0 Å². The molecule has 74 heavy (non-hydrogen) atoms. The van der Waals surface area contributed by atoms with E-state index in [1.807, 2.05) is 0 Å². The van der Waals surface area contributed by atoms with Gasteiger partial charge in [0, 0.05) is 19.3 Å². The molecule has 0 spiro atoms. The molecule has 6 heteroatoms. The molecule has 0 saturated carbocycles. The summed E-state index contributed by atoms with van der Waals surface area (Å²) in [6.07, 6.45) is 82.7. The summed E-state index contributed by atoms with van der Waals surface area (Å²) in [6.45, 7) is 6.40. The van der Waals surface area contributed by atoms with Crippen molar-refractivity contribution >= 4 is 17.9 Å². The number of esters is 3. The number of unbranched alkanes of at least 4 members (excludes halogenated alkanes) is 29. The summed E-state index contributed by atoms with van der Waals surface area (Å²) < 4.78 is 16.9. The van der Waals surface area contributed by atoms with Crippen LogP contribution in [0.4, 0.5) is 0 Å². The van der Waals surface area contributed by atoms with Gasteiger partial charge in [0.25, 0.3) is 0 Å². The van der Waals surface area contributed by atoms with E-state index in [-0.39, 0.29) is 31.1 Å². The van der Waals surface area contributed by atoms with Crippen molar-refractivity contribution < 1.29 is 28.6 Å². The third-order valence-corrected chi connectivity index (χ3v) is 13.3. The molecule has 1 unspecified atom stereocenters. The number of ether oxygens (including phenoxy) is 3. The van der Waals surface area contributed by atoms with Crippen LogP contribution in [-0.2, 0) is 28.6 Å². The number of hydrogen-bond donors (Lipinski definition) is 0. The molecule has 0 heterocycles. The molecule has 0 aromatic carbocycles. The Bertz CT molecular complexity index is 1460. The van der Waals surface area contributed by atoms with E-state index in [1.54, 1.807) is 0 Å². The molecule has 0 fully saturated rings. The van der Waals surface area contributed by atoms with Gasteiger partial charge in [0.2, 0.25) is 0 Å². The second-order valence-corrected chi connectivity index (χ2v) is 20.5. The molecule has 424 valence electrons. The van der Waals surface area contributed by atoms with Gasteiger partial charge in [-0.15, -0.1) is 0 Å². The fourth-order valence-corrected chi connectivity index (χ4v) is 8.68. The third kappa shape index (κ3) is 59.2. The van der Waals surface area contributed by atoms with E-state index in [0.29, 0.717) is 19.3 Å². The second-order valence-electron chi connectivity index (χ2n) is 20.5. The number of allylic oxidation sites excluding steroid dienone is 16. The Balaban J connectivity index is 4.26. The van der Waals surface area contributed by atoms with Crippen molar-refractivity contribution in [3.63, 3.8) is 0 Å². The van der Waals surface area contributed by atoms with Crippen LogP contribution in [0.15, 0.2) is 97.2 Å². The SMILES string of the molecule is CC/C=C\C/C=C\C/C=C\C/C=C\CCCCCCCCCCCCCCCCC(=O)OCC(COC(=O)CCCCCCC/C=C\CCCCC)OC(=O)CCCCCCCCC/C=C\C/C=C\C/C=C\CC. The van der Waals surface area contributed by atoms with Gasteiger partial charge >= 0.3 is 17.9 Å². The van der Waals surface area contributed by atoms with Gasteiger partial charge in [-0.05, 0) is 116 Å². The van der Waals surface area contributed by atoms with E-state index < -0.39 is 6.10 Å². The van der Waals surface area contributed by atoms with Gasteiger partial charge in [0.1, 0.15) is 13.2 Å². The summed E-state index contributed by atoms with van der Waals surface area (Å²) in [4.78, 5) is 38.2. The molecular weight excluding hydrogens is 913 g/mol. The van der Waals surface area contributed by atoms with Gasteiger partial charge in [-0.1, -0.05) is 259 Å². The second kappa shape index (κ2) is 61.9. The lowest BCUT2D eigenvalue weighted by Gasteiger charge is -2.18. The summed E-state index contributed by atoms with van der Waals surface area (Å²) in [5, 5.41) is 0. The van der Waals surface area contributed by atoms with Crippen LogP contribution in [0.3, 0.4) is 0 Å². The molecule has 0 aliphatic carbocycles. The van der Waals surface area contributed by atoms with Crippen molar-refractivity contribution in [3.05, 3.63) is 97.2 Å². The Morgan fingerprint density at radius 2 is 0.527 bits per heavy atom. The Labute approximate surface area is 457 Å². The molecule has 0 N–H and O–H groups in total. The van der Waals surface area contributed by atoms with Crippen molar-refractivity contribution in [1.29, 1.82) is 0 Å². The van der Waals surface area contributed by atoms with Crippen LogP contribution in [0, 0.1) is 0 Å². The number of carbonyl (C=O) groups is 3. The lowest BCUT2D eigenvalue weighted by Crippen LogP contribution is -2.30. The topological polar surface area (TPSA) is 78.9 Å². The van der Waals surface area contributed by atoms with Gasteiger partial charge in [0.15, 0.2) is 6.10 Å². The molecule has 0 bridgehead atoms. The first-order valence-electron chi connectivity index (χ1n) is 31.2. The Morgan fingerprint density at radius 3 is 0.838 bits per heavy atom. The Kier molecular flexibility index (Phi) is 58.8. The van der Waals surface area contributed by atoms with Gasteiger partial charge in [0.05, 0.1) is 0 Å². The van der Waals surface area contributed by atoms with E-state index in [9.17, 15) is 14.4 Å². The summed E-state index contributed by atoms with van der Waals surface area (Å²) in [5.74, 6) is -0.895. The quantitative estimate of drug-likeness (QED) is 0.0261. The molecule has 0 radical (unpaired) electrons. The Morgan fingerprint density at radius 1 is 0.284 bits per heavy atom. The third-order valence-electron chi connectivity index (χ3n) is 13.3. The smallest absolute Gasteiger partial charge is 0.306 e. The van der Waals surface area contributed by atoms with Gasteiger partial charge in [-0.3, -0.25) is 14.4 Å². The average molecular weight is 1030 g/mol. The summed E-state index contributed by atoms with van der Waals surface area (Å²) in [7, 11) is 0. The van der Waals surface area contributed by atoms with Crippen LogP contribution in [0.25, 0.3) is 0 Å². The van der Waals surface area contributed by atoms with E-state index >= 15 is 0 Å². The largest absolute Gasteiger partial charge is 0.462 e. The van der Waals surface area contributed by atoms with Crippen LogP contribution in [0.1, 0.15) is 297 Å². The maximum Gasteiger partial charge on any atom is 0.306 e. The first-order chi connectivity index (χ1) is 36.5. The predicted octanol–water partition coefficient (Wildman–Crippen LogP) is 21.3.